The summed E-state index contributed by atoms with van der Waals surface area (Å²) in [5, 5.41) is 0. The minimum Gasteiger partial charge on any atom is -0.493 e. The Labute approximate surface area is 138 Å². The van der Waals surface area contributed by atoms with E-state index in [9.17, 15) is 4.79 Å². The predicted octanol–water partition coefficient (Wildman–Crippen LogP) is 3.05. The second-order valence-electron chi connectivity index (χ2n) is 4.78. The molecule has 1 heterocycles. The highest BCUT2D eigenvalue weighted by molar-refractivity contribution is 9.10. The molecule has 1 aromatic rings. The summed E-state index contributed by atoms with van der Waals surface area (Å²) in [5.41, 5.74) is 0.786. The van der Waals surface area contributed by atoms with Gasteiger partial charge in [-0.3, -0.25) is 4.90 Å². The maximum Gasteiger partial charge on any atom is 0.410 e. The summed E-state index contributed by atoms with van der Waals surface area (Å²) in [5.74, 6) is 7.50. The van der Waals surface area contributed by atoms with Crippen LogP contribution in [0, 0.1) is 11.8 Å². The van der Waals surface area contributed by atoms with E-state index >= 15 is 0 Å². The average molecular weight is 368 g/mol. The molecule has 0 aromatic heterocycles. The van der Waals surface area contributed by atoms with Gasteiger partial charge in [-0.2, -0.15) is 0 Å². The smallest absolute Gasteiger partial charge is 0.410 e. The highest BCUT2D eigenvalue weighted by Gasteiger charge is 2.27. The fraction of sp³-hybridized carbons (Fsp3) is 0.438. The van der Waals surface area contributed by atoms with E-state index in [1.54, 1.807) is 19.1 Å². The van der Waals surface area contributed by atoms with Gasteiger partial charge in [0.15, 0.2) is 11.5 Å². The summed E-state index contributed by atoms with van der Waals surface area (Å²) in [6.07, 6.45) is 1.46. The van der Waals surface area contributed by atoms with Crippen molar-refractivity contribution in [2.45, 2.75) is 18.9 Å². The number of likely N-dealkylation sites (tertiary alicyclic amines) is 1. The summed E-state index contributed by atoms with van der Waals surface area (Å²) < 4.78 is 16.1. The molecule has 0 aliphatic carbocycles. The predicted molar refractivity (Wildman–Crippen MR) is 86.3 cm³/mol. The quantitative estimate of drug-likeness (QED) is 0.753. The maximum atomic E-state index is 11.7. The number of benzene rings is 1. The third-order valence-corrected chi connectivity index (χ3v) is 4.16. The van der Waals surface area contributed by atoms with Crippen molar-refractivity contribution in [2.24, 2.45) is 0 Å². The molecule has 0 bridgehead atoms. The Morgan fingerprint density at radius 1 is 1.27 bits per heavy atom. The molecule has 6 heteroatoms. The van der Waals surface area contributed by atoms with Crippen LogP contribution in [0.25, 0.3) is 0 Å². The lowest BCUT2D eigenvalue weighted by Crippen LogP contribution is -2.34. The van der Waals surface area contributed by atoms with Gasteiger partial charge in [-0.05, 0) is 34.8 Å². The number of carbonyl (C=O) groups excluding carboxylic acids is 1. The molecule has 1 fully saturated rings. The Balaban J connectivity index is 2.26. The summed E-state index contributed by atoms with van der Waals surface area (Å²) in [4.78, 5) is 13.3. The van der Waals surface area contributed by atoms with Crippen LogP contribution in [-0.2, 0) is 4.74 Å². The number of amides is 1. The van der Waals surface area contributed by atoms with E-state index < -0.39 is 0 Å². The molecule has 0 saturated carbocycles. The van der Waals surface area contributed by atoms with Crippen molar-refractivity contribution in [3.63, 3.8) is 0 Å². The lowest BCUT2D eigenvalue weighted by atomic mass is 10.1. The van der Waals surface area contributed by atoms with E-state index in [0.29, 0.717) is 18.0 Å². The SMILES string of the molecule is COC(=O)N1CCC[C@H]1C#Cc1cc(OC)c(OC)cc1Br. The normalized spacial score (nSPS) is 16.7. The Morgan fingerprint density at radius 2 is 1.95 bits per heavy atom. The molecule has 1 amide bonds. The van der Waals surface area contributed by atoms with E-state index in [1.165, 1.54) is 7.11 Å². The number of methoxy groups -OCH3 is 3. The van der Waals surface area contributed by atoms with Gasteiger partial charge in [0.25, 0.3) is 0 Å². The molecule has 1 aliphatic rings. The monoisotopic (exact) mass is 367 g/mol. The van der Waals surface area contributed by atoms with Crippen LogP contribution in [0.5, 0.6) is 11.5 Å². The van der Waals surface area contributed by atoms with Crippen molar-refractivity contribution in [1.82, 2.24) is 4.90 Å². The number of carbonyl (C=O) groups is 1. The van der Waals surface area contributed by atoms with Crippen LogP contribution >= 0.6 is 15.9 Å². The van der Waals surface area contributed by atoms with Crippen molar-refractivity contribution in [2.75, 3.05) is 27.9 Å². The van der Waals surface area contributed by atoms with Gasteiger partial charge >= 0.3 is 6.09 Å². The Bertz CT molecular complexity index is 621. The first-order valence-corrected chi connectivity index (χ1v) is 7.67. The van der Waals surface area contributed by atoms with Gasteiger partial charge in [-0.15, -0.1) is 0 Å². The molecule has 2 rings (SSSR count). The number of rotatable bonds is 2. The summed E-state index contributed by atoms with van der Waals surface area (Å²) >= 11 is 3.48. The van der Waals surface area contributed by atoms with Crippen LogP contribution in [0.3, 0.4) is 0 Å². The summed E-state index contributed by atoms with van der Waals surface area (Å²) in [7, 11) is 4.55. The van der Waals surface area contributed by atoms with Crippen LogP contribution < -0.4 is 9.47 Å². The average Bonchev–Trinajstić information content (AvgIpc) is 3.01. The highest BCUT2D eigenvalue weighted by Crippen LogP contribution is 2.33. The molecule has 0 radical (unpaired) electrons. The van der Waals surface area contributed by atoms with Crippen molar-refractivity contribution in [3.8, 4) is 23.3 Å². The minimum atomic E-state index is -0.330. The van der Waals surface area contributed by atoms with Crippen LogP contribution in [-0.4, -0.2) is 44.9 Å². The minimum absolute atomic E-state index is 0.118. The number of halogens is 1. The second kappa shape index (κ2) is 7.41. The molecule has 1 aromatic carbocycles. The number of ether oxygens (including phenoxy) is 3. The van der Waals surface area contributed by atoms with Crippen LogP contribution in [0.4, 0.5) is 4.79 Å². The number of nitrogens with zero attached hydrogens (tertiary/aromatic N) is 1. The van der Waals surface area contributed by atoms with Gasteiger partial charge in [0, 0.05) is 22.6 Å². The first-order chi connectivity index (χ1) is 10.6. The van der Waals surface area contributed by atoms with Gasteiger partial charge in [0.2, 0.25) is 0 Å². The molecule has 22 heavy (non-hydrogen) atoms. The zero-order chi connectivity index (χ0) is 16.1. The topological polar surface area (TPSA) is 48.0 Å². The van der Waals surface area contributed by atoms with Gasteiger partial charge in [-0.25, -0.2) is 4.79 Å². The summed E-state index contributed by atoms with van der Waals surface area (Å²) in [6.45, 7) is 0.680. The Hall–Kier alpha value is -1.87. The van der Waals surface area contributed by atoms with Crippen LogP contribution in [0.2, 0.25) is 0 Å². The molecule has 5 nitrogen and oxygen atoms in total. The fourth-order valence-corrected chi connectivity index (χ4v) is 2.79. The molecule has 1 saturated heterocycles. The molecule has 1 aliphatic heterocycles. The third kappa shape index (κ3) is 3.47. The second-order valence-corrected chi connectivity index (χ2v) is 5.63. The molecular weight excluding hydrogens is 350 g/mol. The van der Waals surface area contributed by atoms with E-state index in [-0.39, 0.29) is 12.1 Å². The van der Waals surface area contributed by atoms with E-state index in [0.717, 1.165) is 22.9 Å². The summed E-state index contributed by atoms with van der Waals surface area (Å²) in [6, 6.07) is 3.51. The van der Waals surface area contributed by atoms with Crippen molar-refractivity contribution < 1.29 is 19.0 Å². The van der Waals surface area contributed by atoms with Crippen molar-refractivity contribution in [1.29, 1.82) is 0 Å². The third-order valence-electron chi connectivity index (χ3n) is 3.51. The van der Waals surface area contributed by atoms with Gasteiger partial charge in [0.05, 0.1) is 27.4 Å². The van der Waals surface area contributed by atoms with E-state index in [1.807, 2.05) is 12.1 Å². The highest BCUT2D eigenvalue weighted by atomic mass is 79.9. The number of hydrogen-bond acceptors (Lipinski definition) is 4. The zero-order valence-corrected chi connectivity index (χ0v) is 14.4. The van der Waals surface area contributed by atoms with Crippen LogP contribution in [0.15, 0.2) is 16.6 Å². The molecule has 118 valence electrons. The molecule has 0 unspecified atom stereocenters. The van der Waals surface area contributed by atoms with Gasteiger partial charge < -0.3 is 14.2 Å². The van der Waals surface area contributed by atoms with Crippen molar-refractivity contribution in [3.05, 3.63) is 22.2 Å². The molecular formula is C16H18BrNO4. The molecule has 1 atom stereocenters. The molecule has 0 N–H and O–H groups in total. The van der Waals surface area contributed by atoms with E-state index in [4.69, 9.17) is 14.2 Å². The molecule has 0 spiro atoms. The van der Waals surface area contributed by atoms with Crippen molar-refractivity contribution >= 4 is 22.0 Å². The maximum absolute atomic E-state index is 11.7. The fourth-order valence-electron chi connectivity index (χ4n) is 2.36. The lowest BCUT2D eigenvalue weighted by molar-refractivity contribution is 0.126. The number of hydrogen-bond donors (Lipinski definition) is 0. The van der Waals surface area contributed by atoms with Gasteiger partial charge in [0.1, 0.15) is 0 Å². The Kier molecular flexibility index (Phi) is 5.56. The Morgan fingerprint density at radius 3 is 2.59 bits per heavy atom. The first kappa shape index (κ1) is 16.5. The first-order valence-electron chi connectivity index (χ1n) is 6.88. The zero-order valence-electron chi connectivity index (χ0n) is 12.8. The van der Waals surface area contributed by atoms with Crippen LogP contribution in [0.1, 0.15) is 18.4 Å². The lowest BCUT2D eigenvalue weighted by Gasteiger charge is -2.18. The standard InChI is InChI=1S/C16H18BrNO4/c1-20-14-9-11(13(17)10-15(14)21-2)6-7-12-5-4-8-18(12)16(19)22-3/h9-10,12H,4-5,8H2,1-3H3/t12-/m0/s1. The van der Waals surface area contributed by atoms with Gasteiger partial charge in [-0.1, -0.05) is 11.8 Å². The largest absolute Gasteiger partial charge is 0.493 e. The van der Waals surface area contributed by atoms with E-state index in [2.05, 4.69) is 27.8 Å².